The van der Waals surface area contributed by atoms with Crippen molar-refractivity contribution in [3.05, 3.63) is 0 Å². The molecule has 0 spiro atoms. The van der Waals surface area contributed by atoms with E-state index in [0.29, 0.717) is 0 Å². The van der Waals surface area contributed by atoms with Gasteiger partial charge in [0.25, 0.3) is 0 Å². The first-order valence-corrected chi connectivity index (χ1v) is 7.08. The second kappa shape index (κ2) is 9.32. The Balaban J connectivity index is 0.00000288. The molecule has 24 heavy (non-hydrogen) atoms. The van der Waals surface area contributed by atoms with Crippen LogP contribution in [0.5, 0.6) is 0 Å². The van der Waals surface area contributed by atoms with Crippen molar-refractivity contribution in [2.45, 2.75) is 61.4 Å². The van der Waals surface area contributed by atoms with Crippen LogP contribution in [0.2, 0.25) is 0 Å². The molecule has 0 aromatic carbocycles. The van der Waals surface area contributed by atoms with Crippen molar-refractivity contribution in [2.75, 3.05) is 13.2 Å². The minimum Gasteiger partial charge on any atom is -0.394 e. The van der Waals surface area contributed by atoms with E-state index in [-0.39, 0.29) is 23.1 Å². The van der Waals surface area contributed by atoms with Gasteiger partial charge < -0.3 is 55.1 Å². The van der Waals surface area contributed by atoms with E-state index >= 15 is 0 Å². The molecule has 0 bridgehead atoms. The van der Waals surface area contributed by atoms with Gasteiger partial charge in [-0.1, -0.05) is 0 Å². The van der Waals surface area contributed by atoms with Crippen LogP contribution >= 0.6 is 0 Å². The standard InChI is InChI=1S/C12H22O11.Mg.2H/c13-1-3-5(15)7(17)9(19)11(21-3)23-12-10(20)8(18)6(16)4(2-14)22-12;;;/h3-20H,1-2H2;;;/t3-,4-,5-,6-,7+,8+,9-,10-,11-,12-;;;/m1.../s1. The van der Waals surface area contributed by atoms with Gasteiger partial charge in [-0.15, -0.1) is 0 Å². The zero-order valence-corrected chi connectivity index (χ0v) is 12.0. The summed E-state index contributed by atoms with van der Waals surface area (Å²) in [5, 5.41) is 76.4. The topological polar surface area (TPSA) is 190 Å². The van der Waals surface area contributed by atoms with Crippen molar-refractivity contribution in [3.63, 3.8) is 0 Å². The van der Waals surface area contributed by atoms with E-state index < -0.39 is 74.6 Å². The third-order valence-electron chi connectivity index (χ3n) is 3.97. The maximum atomic E-state index is 9.84. The summed E-state index contributed by atoms with van der Waals surface area (Å²) in [7, 11) is 0. The third kappa shape index (κ3) is 4.35. The van der Waals surface area contributed by atoms with Crippen LogP contribution in [0, 0.1) is 0 Å². The molecule has 0 amide bonds. The fourth-order valence-electron chi connectivity index (χ4n) is 2.49. The molecule has 2 fully saturated rings. The van der Waals surface area contributed by atoms with Crippen LogP contribution in [0.4, 0.5) is 0 Å². The van der Waals surface area contributed by atoms with Crippen LogP contribution in [-0.2, 0) is 14.2 Å². The quantitative estimate of drug-likeness (QED) is 0.220. The Morgan fingerprint density at radius 1 is 0.583 bits per heavy atom. The van der Waals surface area contributed by atoms with E-state index in [1.54, 1.807) is 0 Å². The van der Waals surface area contributed by atoms with E-state index in [1.807, 2.05) is 0 Å². The Kier molecular flexibility index (Phi) is 8.68. The number of aliphatic hydroxyl groups is 8. The molecule has 140 valence electrons. The Bertz CT molecular complexity index is 350. The first-order valence-electron chi connectivity index (χ1n) is 7.08. The average Bonchev–Trinajstić information content (AvgIpc) is 2.55. The molecular formula is C12H24MgO11. The van der Waals surface area contributed by atoms with Crippen LogP contribution in [-0.4, -0.2) is 139 Å². The van der Waals surface area contributed by atoms with Gasteiger partial charge in [0, 0.05) is 0 Å². The van der Waals surface area contributed by atoms with Crippen molar-refractivity contribution < 1.29 is 55.1 Å². The lowest BCUT2D eigenvalue weighted by Crippen LogP contribution is -2.63. The molecule has 0 saturated carbocycles. The lowest BCUT2D eigenvalue weighted by Gasteiger charge is -2.44. The summed E-state index contributed by atoms with van der Waals surface area (Å²) in [6.45, 7) is -1.33. The van der Waals surface area contributed by atoms with Crippen molar-refractivity contribution in [3.8, 4) is 0 Å². The molecular weight excluding hydrogens is 344 g/mol. The van der Waals surface area contributed by atoms with Crippen molar-refractivity contribution in [1.82, 2.24) is 0 Å². The Labute approximate surface area is 153 Å². The third-order valence-corrected chi connectivity index (χ3v) is 3.97. The monoisotopic (exact) mass is 368 g/mol. The molecule has 2 rings (SSSR count). The first kappa shape index (κ1) is 22.4. The summed E-state index contributed by atoms with van der Waals surface area (Å²) in [5.41, 5.74) is 0. The van der Waals surface area contributed by atoms with Gasteiger partial charge in [0.1, 0.15) is 48.8 Å². The van der Waals surface area contributed by atoms with E-state index in [1.165, 1.54) is 0 Å². The van der Waals surface area contributed by atoms with Crippen molar-refractivity contribution >= 4 is 23.1 Å². The van der Waals surface area contributed by atoms with Gasteiger partial charge >= 0.3 is 23.1 Å². The van der Waals surface area contributed by atoms with E-state index in [9.17, 15) is 30.6 Å². The highest BCUT2D eigenvalue weighted by atomic mass is 24.3. The van der Waals surface area contributed by atoms with E-state index in [4.69, 9.17) is 24.4 Å². The van der Waals surface area contributed by atoms with Crippen molar-refractivity contribution in [2.24, 2.45) is 0 Å². The number of hydrogen-bond donors (Lipinski definition) is 8. The molecule has 2 aliphatic rings. The Morgan fingerprint density at radius 3 is 1.21 bits per heavy atom. The highest BCUT2D eigenvalue weighted by molar-refractivity contribution is 5.75. The normalized spacial score (nSPS) is 49.5. The van der Waals surface area contributed by atoms with Gasteiger partial charge in [-0.3, -0.25) is 0 Å². The summed E-state index contributed by atoms with van der Waals surface area (Å²) in [6.07, 6.45) is -15.6. The minimum absolute atomic E-state index is 0. The summed E-state index contributed by atoms with van der Waals surface area (Å²) >= 11 is 0. The van der Waals surface area contributed by atoms with Crippen molar-refractivity contribution in [1.29, 1.82) is 0 Å². The number of aliphatic hydroxyl groups excluding tert-OH is 8. The van der Waals surface area contributed by atoms with Gasteiger partial charge in [0.2, 0.25) is 0 Å². The second-order valence-electron chi connectivity index (χ2n) is 5.53. The van der Waals surface area contributed by atoms with E-state index in [2.05, 4.69) is 0 Å². The predicted molar refractivity (Wildman–Crippen MR) is 77.2 cm³/mol. The fraction of sp³-hybridized carbons (Fsp3) is 1.00. The van der Waals surface area contributed by atoms with Crippen LogP contribution < -0.4 is 0 Å². The molecule has 2 saturated heterocycles. The second-order valence-corrected chi connectivity index (χ2v) is 5.53. The highest BCUT2D eigenvalue weighted by Crippen LogP contribution is 2.27. The van der Waals surface area contributed by atoms with Crippen LogP contribution in [0.3, 0.4) is 0 Å². The highest BCUT2D eigenvalue weighted by Gasteiger charge is 2.49. The lowest BCUT2D eigenvalue weighted by atomic mass is 9.98. The van der Waals surface area contributed by atoms with Gasteiger partial charge in [-0.05, 0) is 0 Å². The summed E-state index contributed by atoms with van der Waals surface area (Å²) in [4.78, 5) is 0. The van der Waals surface area contributed by atoms with Gasteiger partial charge in [0.15, 0.2) is 12.6 Å². The van der Waals surface area contributed by atoms with Crippen LogP contribution in [0.1, 0.15) is 0 Å². The largest absolute Gasteiger partial charge is 0.394 e. The Morgan fingerprint density at radius 2 is 0.917 bits per heavy atom. The zero-order chi connectivity index (χ0) is 17.3. The van der Waals surface area contributed by atoms with Gasteiger partial charge in [-0.25, -0.2) is 0 Å². The molecule has 11 nitrogen and oxygen atoms in total. The number of hydrogen-bond acceptors (Lipinski definition) is 11. The fourth-order valence-corrected chi connectivity index (χ4v) is 2.49. The Hall–Kier alpha value is 0.326. The summed E-state index contributed by atoms with van der Waals surface area (Å²) in [5.74, 6) is 0. The summed E-state index contributed by atoms with van der Waals surface area (Å²) in [6, 6.07) is 0. The smallest absolute Gasteiger partial charge is 0.316 e. The zero-order valence-electron chi connectivity index (χ0n) is 12.0. The molecule has 10 atom stereocenters. The molecule has 0 radical (unpaired) electrons. The molecule has 2 aliphatic heterocycles. The molecule has 0 aliphatic carbocycles. The average molecular weight is 369 g/mol. The maximum absolute atomic E-state index is 9.84. The molecule has 12 heteroatoms. The molecule has 0 aromatic heterocycles. The molecule has 0 unspecified atom stereocenters. The SMILES string of the molecule is OC[C@H]1O[C@H](O[C@H]2O[C@H](CO)[C@@H](O)[C@H](O)[C@H]2O)[C@H](O)[C@@H](O)[C@@H]1O.[MgH2]. The van der Waals surface area contributed by atoms with Crippen LogP contribution in [0.15, 0.2) is 0 Å². The maximum Gasteiger partial charge on any atom is 0.316 e. The van der Waals surface area contributed by atoms with Gasteiger partial charge in [0.05, 0.1) is 13.2 Å². The molecule has 2 heterocycles. The van der Waals surface area contributed by atoms with Crippen LogP contribution in [0.25, 0.3) is 0 Å². The van der Waals surface area contributed by atoms with E-state index in [0.717, 1.165) is 0 Å². The first-order chi connectivity index (χ1) is 10.8. The molecule has 0 aromatic rings. The lowest BCUT2D eigenvalue weighted by molar-refractivity contribution is -0.376. The molecule has 8 N–H and O–H groups in total. The predicted octanol–water partition coefficient (Wildman–Crippen LogP) is -6.31. The number of rotatable bonds is 4. The summed E-state index contributed by atoms with van der Waals surface area (Å²) < 4.78 is 15.3. The van der Waals surface area contributed by atoms with Gasteiger partial charge in [-0.2, -0.15) is 0 Å². The minimum atomic E-state index is -1.72. The number of ether oxygens (including phenoxy) is 3.